The Bertz CT molecular complexity index is 788. The van der Waals surface area contributed by atoms with E-state index >= 15 is 0 Å². The summed E-state index contributed by atoms with van der Waals surface area (Å²) >= 11 is 0. The number of rotatable bonds is 5. The average molecular weight is 306 g/mol. The highest BCUT2D eigenvalue weighted by Crippen LogP contribution is 2.20. The molecule has 116 valence electrons. The van der Waals surface area contributed by atoms with Crippen LogP contribution >= 0.6 is 0 Å². The maximum Gasteiger partial charge on any atom is 0.244 e. The van der Waals surface area contributed by atoms with Crippen LogP contribution in [0.5, 0.6) is 0 Å². The van der Waals surface area contributed by atoms with Gasteiger partial charge < -0.3 is 10.6 Å². The lowest BCUT2D eigenvalue weighted by atomic mass is 10.1. The zero-order chi connectivity index (χ0) is 16.1. The molecule has 0 bridgehead atoms. The Balaban J connectivity index is 1.69. The van der Waals surface area contributed by atoms with Gasteiger partial charge in [0.25, 0.3) is 0 Å². The van der Waals surface area contributed by atoms with Crippen molar-refractivity contribution in [2.45, 2.75) is 20.4 Å². The van der Waals surface area contributed by atoms with E-state index in [0.29, 0.717) is 18.3 Å². The van der Waals surface area contributed by atoms with E-state index in [2.05, 4.69) is 56.8 Å². The van der Waals surface area contributed by atoms with Crippen LogP contribution in [-0.4, -0.2) is 20.2 Å². The number of benzene rings is 1. The molecule has 0 aliphatic carbocycles. The van der Waals surface area contributed by atoms with Gasteiger partial charge in [0.05, 0.1) is 6.20 Å². The lowest BCUT2D eigenvalue weighted by Gasteiger charge is -2.10. The Kier molecular flexibility index (Phi) is 4.42. The van der Waals surface area contributed by atoms with Gasteiger partial charge in [-0.1, -0.05) is 17.7 Å². The first-order chi connectivity index (χ1) is 11.2. The van der Waals surface area contributed by atoms with Crippen molar-refractivity contribution >= 4 is 17.5 Å². The number of hydrogen-bond donors (Lipinski definition) is 2. The molecule has 6 heteroatoms. The van der Waals surface area contributed by atoms with Crippen LogP contribution in [0.25, 0.3) is 0 Å². The summed E-state index contributed by atoms with van der Waals surface area (Å²) in [5, 5.41) is 14.4. The van der Waals surface area contributed by atoms with Crippen LogP contribution in [0.15, 0.2) is 48.9 Å². The third kappa shape index (κ3) is 4.00. The van der Waals surface area contributed by atoms with Gasteiger partial charge >= 0.3 is 0 Å². The summed E-state index contributed by atoms with van der Waals surface area (Å²) < 4.78 is 0. The second-order valence-corrected chi connectivity index (χ2v) is 5.32. The predicted molar refractivity (Wildman–Crippen MR) is 90.6 cm³/mol. The van der Waals surface area contributed by atoms with E-state index in [-0.39, 0.29) is 0 Å². The summed E-state index contributed by atoms with van der Waals surface area (Å²) in [5.74, 6) is 1.14. The van der Waals surface area contributed by atoms with Gasteiger partial charge in [0.15, 0.2) is 5.82 Å². The second kappa shape index (κ2) is 6.83. The number of aryl methyl sites for hydroxylation is 2. The number of nitrogens with zero attached hydrogens (tertiary/aromatic N) is 4. The summed E-state index contributed by atoms with van der Waals surface area (Å²) in [6.45, 7) is 4.76. The van der Waals surface area contributed by atoms with Crippen molar-refractivity contribution in [2.75, 3.05) is 10.6 Å². The largest absolute Gasteiger partial charge is 0.349 e. The smallest absolute Gasteiger partial charge is 0.244 e. The number of hydrogen-bond acceptors (Lipinski definition) is 6. The zero-order valence-corrected chi connectivity index (χ0v) is 13.1. The minimum Gasteiger partial charge on any atom is -0.349 e. The molecule has 0 saturated carbocycles. The van der Waals surface area contributed by atoms with Crippen molar-refractivity contribution in [3.05, 3.63) is 65.6 Å². The summed E-state index contributed by atoms with van der Waals surface area (Å²) in [7, 11) is 0. The van der Waals surface area contributed by atoms with Crippen molar-refractivity contribution in [3.8, 4) is 0 Å². The number of nitrogens with one attached hydrogen (secondary N) is 2. The standard InChI is InChI=1S/C17H18N6/c1-12-3-4-15(13(2)9-12)21-16-11-20-23-17(22-16)19-10-14-5-7-18-8-6-14/h3-9,11H,10H2,1-2H3,(H2,19,21,22,23). The van der Waals surface area contributed by atoms with Gasteiger partial charge in [-0.25, -0.2) is 0 Å². The summed E-state index contributed by atoms with van der Waals surface area (Å²) in [6.07, 6.45) is 5.12. The van der Waals surface area contributed by atoms with Crippen LogP contribution in [0, 0.1) is 13.8 Å². The normalized spacial score (nSPS) is 10.3. The predicted octanol–water partition coefficient (Wildman–Crippen LogP) is 3.24. The minimum absolute atomic E-state index is 0.483. The molecule has 0 radical (unpaired) electrons. The third-order valence-electron chi connectivity index (χ3n) is 3.40. The molecule has 2 aromatic heterocycles. The molecule has 2 N–H and O–H groups in total. The fourth-order valence-electron chi connectivity index (χ4n) is 2.21. The van der Waals surface area contributed by atoms with Crippen molar-refractivity contribution < 1.29 is 0 Å². The van der Waals surface area contributed by atoms with Crippen LogP contribution in [0.1, 0.15) is 16.7 Å². The maximum absolute atomic E-state index is 4.44. The first-order valence-corrected chi connectivity index (χ1v) is 7.37. The van der Waals surface area contributed by atoms with Gasteiger partial charge in [0.2, 0.25) is 5.95 Å². The van der Waals surface area contributed by atoms with Crippen LogP contribution in [0.3, 0.4) is 0 Å². The molecule has 1 aromatic carbocycles. The Morgan fingerprint density at radius 1 is 1.04 bits per heavy atom. The summed E-state index contributed by atoms with van der Waals surface area (Å²) in [4.78, 5) is 8.43. The zero-order valence-electron chi connectivity index (χ0n) is 13.1. The van der Waals surface area contributed by atoms with Gasteiger partial charge in [-0.2, -0.15) is 10.1 Å². The van der Waals surface area contributed by atoms with Crippen LogP contribution in [-0.2, 0) is 6.54 Å². The van der Waals surface area contributed by atoms with E-state index in [1.807, 2.05) is 18.2 Å². The highest BCUT2D eigenvalue weighted by atomic mass is 15.3. The molecule has 0 aliphatic heterocycles. The molecule has 3 aromatic rings. The molecule has 6 nitrogen and oxygen atoms in total. The first-order valence-electron chi connectivity index (χ1n) is 7.37. The summed E-state index contributed by atoms with van der Waals surface area (Å²) in [5.41, 5.74) is 4.51. The first kappa shape index (κ1) is 14.9. The second-order valence-electron chi connectivity index (χ2n) is 5.32. The van der Waals surface area contributed by atoms with Gasteiger partial charge in [-0.15, -0.1) is 5.10 Å². The Labute approximate surface area is 135 Å². The molecule has 23 heavy (non-hydrogen) atoms. The Morgan fingerprint density at radius 2 is 1.87 bits per heavy atom. The van der Waals surface area contributed by atoms with Crippen LogP contribution in [0.2, 0.25) is 0 Å². The van der Waals surface area contributed by atoms with Crippen LogP contribution < -0.4 is 10.6 Å². The monoisotopic (exact) mass is 306 g/mol. The molecule has 0 amide bonds. The van der Waals surface area contributed by atoms with Crippen LogP contribution in [0.4, 0.5) is 17.5 Å². The molecule has 0 atom stereocenters. The summed E-state index contributed by atoms with van der Waals surface area (Å²) in [6, 6.07) is 10.1. The molecule has 0 aliphatic rings. The number of aromatic nitrogens is 4. The topological polar surface area (TPSA) is 75.6 Å². The SMILES string of the molecule is Cc1ccc(Nc2cnnc(NCc3ccncc3)n2)c(C)c1. The molecule has 0 unspecified atom stereocenters. The van der Waals surface area contributed by atoms with E-state index < -0.39 is 0 Å². The van der Waals surface area contributed by atoms with E-state index in [1.165, 1.54) is 5.56 Å². The molecule has 0 spiro atoms. The van der Waals surface area contributed by atoms with Gasteiger partial charge in [0, 0.05) is 24.6 Å². The number of pyridine rings is 1. The van der Waals surface area contributed by atoms with E-state index in [4.69, 9.17) is 0 Å². The molecule has 0 saturated heterocycles. The molecule has 0 fully saturated rings. The molecular formula is C17H18N6. The number of anilines is 3. The fraction of sp³-hybridized carbons (Fsp3) is 0.176. The average Bonchev–Trinajstić information content (AvgIpc) is 2.57. The van der Waals surface area contributed by atoms with Gasteiger partial charge in [0.1, 0.15) is 0 Å². The minimum atomic E-state index is 0.483. The molecular weight excluding hydrogens is 288 g/mol. The molecule has 2 heterocycles. The third-order valence-corrected chi connectivity index (χ3v) is 3.40. The van der Waals surface area contributed by atoms with Crippen molar-refractivity contribution in [1.29, 1.82) is 0 Å². The fourth-order valence-corrected chi connectivity index (χ4v) is 2.21. The van der Waals surface area contributed by atoms with E-state index in [1.54, 1.807) is 18.6 Å². The Hall–Kier alpha value is -3.02. The van der Waals surface area contributed by atoms with E-state index in [0.717, 1.165) is 16.8 Å². The maximum atomic E-state index is 4.44. The van der Waals surface area contributed by atoms with Crippen molar-refractivity contribution in [2.24, 2.45) is 0 Å². The highest BCUT2D eigenvalue weighted by Gasteiger charge is 2.03. The lowest BCUT2D eigenvalue weighted by molar-refractivity contribution is 0.947. The molecule has 3 rings (SSSR count). The highest BCUT2D eigenvalue weighted by molar-refractivity contribution is 5.60. The van der Waals surface area contributed by atoms with Gasteiger partial charge in [-0.05, 0) is 43.2 Å². The van der Waals surface area contributed by atoms with Crippen molar-refractivity contribution in [3.63, 3.8) is 0 Å². The van der Waals surface area contributed by atoms with Gasteiger partial charge in [-0.3, -0.25) is 4.98 Å². The quantitative estimate of drug-likeness (QED) is 0.753. The van der Waals surface area contributed by atoms with E-state index in [9.17, 15) is 0 Å². The van der Waals surface area contributed by atoms with Crippen molar-refractivity contribution in [1.82, 2.24) is 20.2 Å². The Morgan fingerprint density at radius 3 is 2.65 bits per heavy atom. The lowest BCUT2D eigenvalue weighted by Crippen LogP contribution is -2.06.